The molecule has 1 aliphatic heterocycles. The number of rotatable bonds is 10. The lowest BCUT2D eigenvalue weighted by Gasteiger charge is -2.33. The van der Waals surface area contributed by atoms with E-state index in [9.17, 15) is 19.2 Å². The molecular formula is C16H32N8O6. The molecule has 0 bridgehead atoms. The molecule has 1 rings (SSSR count). The second-order valence-electron chi connectivity index (χ2n) is 6.73. The number of carbonyl (C=O) groups is 4. The first-order valence-corrected chi connectivity index (χ1v) is 9.55. The van der Waals surface area contributed by atoms with E-state index >= 15 is 0 Å². The van der Waals surface area contributed by atoms with Crippen LogP contribution in [0.25, 0.3) is 0 Å². The van der Waals surface area contributed by atoms with E-state index in [0.29, 0.717) is 78.5 Å². The summed E-state index contributed by atoms with van der Waals surface area (Å²) in [6, 6.07) is 0. The molecule has 1 fully saturated rings. The second-order valence-corrected chi connectivity index (χ2v) is 6.73. The molecule has 14 heteroatoms. The van der Waals surface area contributed by atoms with Crippen molar-refractivity contribution in [1.29, 1.82) is 0 Å². The minimum atomic E-state index is -0.571. The SMILES string of the molecule is NOC(=O)CN1CCN(CNC=O)CCN(CNC=O)CCN(CC(=O)ON)CC1. The summed E-state index contributed by atoms with van der Waals surface area (Å²) in [4.78, 5) is 61.0. The van der Waals surface area contributed by atoms with Gasteiger partial charge in [-0.3, -0.25) is 29.2 Å². The number of carbonyl (C=O) groups excluding carboxylic acids is 4. The quantitative estimate of drug-likeness (QED) is 0.192. The summed E-state index contributed by atoms with van der Waals surface area (Å²) in [5, 5.41) is 5.29. The van der Waals surface area contributed by atoms with Crippen molar-refractivity contribution in [2.24, 2.45) is 11.8 Å². The van der Waals surface area contributed by atoms with Crippen LogP contribution in [0.5, 0.6) is 0 Å². The van der Waals surface area contributed by atoms with Crippen LogP contribution in [-0.4, -0.2) is 123 Å². The molecule has 1 saturated heterocycles. The van der Waals surface area contributed by atoms with Crippen LogP contribution in [-0.2, 0) is 28.9 Å². The third-order valence-electron chi connectivity index (χ3n) is 4.69. The maximum absolute atomic E-state index is 11.7. The molecule has 0 aromatic carbocycles. The summed E-state index contributed by atoms with van der Waals surface area (Å²) in [5.41, 5.74) is 0. The molecule has 0 radical (unpaired) electrons. The number of hydrogen-bond acceptors (Lipinski definition) is 12. The third-order valence-corrected chi connectivity index (χ3v) is 4.69. The van der Waals surface area contributed by atoms with E-state index in [1.807, 2.05) is 19.6 Å². The van der Waals surface area contributed by atoms with Gasteiger partial charge in [-0.1, -0.05) is 0 Å². The number of nitrogens with two attached hydrogens (primary N) is 2. The maximum Gasteiger partial charge on any atom is 0.338 e. The lowest BCUT2D eigenvalue weighted by atomic mass is 10.3. The molecule has 172 valence electrons. The summed E-state index contributed by atoms with van der Waals surface area (Å²) < 4.78 is 0. The Balaban J connectivity index is 2.88. The zero-order valence-electron chi connectivity index (χ0n) is 17.0. The number of amides is 2. The maximum atomic E-state index is 11.7. The minimum Gasteiger partial charge on any atom is -0.372 e. The standard InChI is InChI=1S/C16H32N8O6/c17-29-15(27)9-21-1-2-22(10-16(28)30-18)4-6-24(12-20-14-26)8-7-23(5-3-21)11-19-13-25/h13-14H,1-12,17-18H2,(H,19,25)(H,20,26). The summed E-state index contributed by atoms with van der Waals surface area (Å²) in [6.45, 7) is 5.01. The Morgan fingerprint density at radius 3 is 1.23 bits per heavy atom. The van der Waals surface area contributed by atoms with Crippen LogP contribution < -0.4 is 22.4 Å². The fourth-order valence-corrected chi connectivity index (χ4v) is 2.98. The van der Waals surface area contributed by atoms with Gasteiger partial charge in [-0.15, -0.1) is 0 Å². The van der Waals surface area contributed by atoms with E-state index in [1.165, 1.54) is 0 Å². The average Bonchev–Trinajstić information content (AvgIpc) is 2.75. The Kier molecular flexibility index (Phi) is 13.2. The van der Waals surface area contributed by atoms with Gasteiger partial charge in [0.15, 0.2) is 0 Å². The van der Waals surface area contributed by atoms with Gasteiger partial charge in [0.25, 0.3) is 0 Å². The molecule has 0 aromatic heterocycles. The van der Waals surface area contributed by atoms with Gasteiger partial charge in [0.05, 0.1) is 26.4 Å². The lowest BCUT2D eigenvalue weighted by Crippen LogP contribution is -2.50. The molecule has 0 aliphatic carbocycles. The topological polar surface area (TPSA) is 176 Å². The van der Waals surface area contributed by atoms with Crippen LogP contribution in [0.3, 0.4) is 0 Å². The minimum absolute atomic E-state index is 0.00396. The van der Waals surface area contributed by atoms with Gasteiger partial charge in [0.1, 0.15) is 0 Å². The zero-order valence-corrected chi connectivity index (χ0v) is 17.0. The summed E-state index contributed by atoms with van der Waals surface area (Å²) in [5.74, 6) is 8.78. The van der Waals surface area contributed by atoms with Crippen molar-refractivity contribution in [3.63, 3.8) is 0 Å². The highest BCUT2D eigenvalue weighted by molar-refractivity contribution is 5.71. The van der Waals surface area contributed by atoms with Crippen molar-refractivity contribution in [1.82, 2.24) is 30.2 Å². The molecular weight excluding hydrogens is 400 g/mol. The highest BCUT2D eigenvalue weighted by Crippen LogP contribution is 2.00. The lowest BCUT2D eigenvalue weighted by molar-refractivity contribution is -0.147. The Morgan fingerprint density at radius 2 is 0.967 bits per heavy atom. The molecule has 0 unspecified atom stereocenters. The number of hydrogen-bond donors (Lipinski definition) is 4. The normalized spacial score (nSPS) is 18.5. The summed E-state index contributed by atoms with van der Waals surface area (Å²) in [7, 11) is 0. The fraction of sp³-hybridized carbons (Fsp3) is 0.750. The van der Waals surface area contributed by atoms with Crippen LogP contribution in [0, 0.1) is 0 Å². The van der Waals surface area contributed by atoms with Crippen LogP contribution in [0.1, 0.15) is 0 Å². The highest BCUT2D eigenvalue weighted by Gasteiger charge is 2.19. The van der Waals surface area contributed by atoms with Gasteiger partial charge < -0.3 is 20.3 Å². The molecule has 2 amide bonds. The van der Waals surface area contributed by atoms with E-state index in [2.05, 4.69) is 20.3 Å². The largest absolute Gasteiger partial charge is 0.372 e. The monoisotopic (exact) mass is 432 g/mol. The highest BCUT2D eigenvalue weighted by atomic mass is 16.7. The van der Waals surface area contributed by atoms with Gasteiger partial charge in [0.2, 0.25) is 12.8 Å². The first-order valence-electron chi connectivity index (χ1n) is 9.55. The van der Waals surface area contributed by atoms with Crippen LogP contribution in [0.15, 0.2) is 0 Å². The van der Waals surface area contributed by atoms with E-state index in [-0.39, 0.29) is 13.1 Å². The Bertz CT molecular complexity index is 494. The Hall–Kier alpha value is -2.36. The predicted molar refractivity (Wildman–Crippen MR) is 105 cm³/mol. The van der Waals surface area contributed by atoms with E-state index in [0.717, 1.165) is 0 Å². The van der Waals surface area contributed by atoms with Gasteiger partial charge in [-0.25, -0.2) is 9.59 Å². The first kappa shape index (κ1) is 25.7. The van der Waals surface area contributed by atoms with Gasteiger partial charge in [0, 0.05) is 52.4 Å². The van der Waals surface area contributed by atoms with Gasteiger partial charge in [-0.05, 0) is 0 Å². The van der Waals surface area contributed by atoms with Gasteiger partial charge >= 0.3 is 11.9 Å². The van der Waals surface area contributed by atoms with E-state index in [1.54, 1.807) is 0 Å². The molecule has 1 aliphatic rings. The first-order chi connectivity index (χ1) is 14.5. The number of nitrogens with zero attached hydrogens (tertiary/aromatic N) is 4. The van der Waals surface area contributed by atoms with Crippen LogP contribution in [0.2, 0.25) is 0 Å². The smallest absolute Gasteiger partial charge is 0.338 e. The average molecular weight is 432 g/mol. The fourth-order valence-electron chi connectivity index (χ4n) is 2.98. The summed E-state index contributed by atoms with van der Waals surface area (Å²) >= 11 is 0. The van der Waals surface area contributed by atoms with Crippen molar-refractivity contribution in [2.75, 3.05) is 78.8 Å². The molecule has 0 saturated carbocycles. The van der Waals surface area contributed by atoms with Crippen molar-refractivity contribution in [3.05, 3.63) is 0 Å². The molecule has 0 aromatic rings. The van der Waals surface area contributed by atoms with E-state index < -0.39 is 11.9 Å². The Labute approximate surface area is 175 Å². The van der Waals surface area contributed by atoms with Crippen molar-refractivity contribution < 1.29 is 28.9 Å². The molecule has 0 atom stereocenters. The summed E-state index contributed by atoms with van der Waals surface area (Å²) in [6.07, 6.45) is 1.25. The van der Waals surface area contributed by atoms with Crippen LogP contribution >= 0.6 is 0 Å². The van der Waals surface area contributed by atoms with E-state index in [4.69, 9.17) is 11.8 Å². The van der Waals surface area contributed by atoms with Crippen molar-refractivity contribution >= 4 is 24.8 Å². The van der Waals surface area contributed by atoms with Gasteiger partial charge in [-0.2, -0.15) is 11.8 Å². The molecule has 30 heavy (non-hydrogen) atoms. The molecule has 1 heterocycles. The molecule has 14 nitrogen and oxygen atoms in total. The zero-order chi connectivity index (χ0) is 22.2. The number of nitrogens with one attached hydrogen (secondary N) is 2. The Morgan fingerprint density at radius 1 is 0.667 bits per heavy atom. The third kappa shape index (κ3) is 11.0. The molecule has 6 N–H and O–H groups in total. The van der Waals surface area contributed by atoms with Crippen molar-refractivity contribution in [3.8, 4) is 0 Å². The van der Waals surface area contributed by atoms with Crippen LogP contribution in [0.4, 0.5) is 0 Å². The second kappa shape index (κ2) is 15.5. The molecule has 0 spiro atoms. The van der Waals surface area contributed by atoms with Crippen molar-refractivity contribution in [2.45, 2.75) is 0 Å². The predicted octanol–water partition coefficient (Wildman–Crippen LogP) is -4.55.